The zero-order valence-corrected chi connectivity index (χ0v) is 11.3. The molecule has 0 fully saturated rings. The van der Waals surface area contributed by atoms with Crippen molar-refractivity contribution in [1.82, 2.24) is 9.36 Å². The molecule has 0 saturated carbocycles. The van der Waals surface area contributed by atoms with E-state index in [-0.39, 0.29) is 10.0 Å². The molecule has 0 radical (unpaired) electrons. The van der Waals surface area contributed by atoms with Crippen LogP contribution in [0.15, 0.2) is 40.4 Å². The molecule has 0 aliphatic carbocycles. The van der Waals surface area contributed by atoms with E-state index in [0.717, 1.165) is 11.5 Å². The molecule has 0 bridgehead atoms. The van der Waals surface area contributed by atoms with Gasteiger partial charge in [0.1, 0.15) is 0 Å². The molecule has 0 spiro atoms. The average Bonchev–Trinajstić information content (AvgIpc) is 2.77. The van der Waals surface area contributed by atoms with Crippen LogP contribution >= 0.6 is 23.3 Å². The number of rotatable bonds is 4. The van der Waals surface area contributed by atoms with Gasteiger partial charge in [0.15, 0.2) is 0 Å². The molecule has 1 aromatic carbocycles. The summed E-state index contributed by atoms with van der Waals surface area (Å²) in [5, 5.41) is 0.832. The lowest BCUT2D eigenvalue weighted by Gasteiger charge is -2.03. The van der Waals surface area contributed by atoms with Crippen LogP contribution in [0.25, 0.3) is 0 Å². The molecule has 17 heavy (non-hydrogen) atoms. The second-order valence-corrected chi connectivity index (χ2v) is 6.21. The molecule has 0 aliphatic heterocycles. The highest BCUT2D eigenvalue weighted by Crippen LogP contribution is 2.20. The summed E-state index contributed by atoms with van der Waals surface area (Å²) < 4.78 is 30.2. The summed E-state index contributed by atoms with van der Waals surface area (Å²) in [6.45, 7) is 0. The van der Waals surface area contributed by atoms with Gasteiger partial charge in [-0.1, -0.05) is 30.0 Å². The highest BCUT2D eigenvalue weighted by molar-refractivity contribution is 7.98. The van der Waals surface area contributed by atoms with Crippen LogP contribution in [-0.4, -0.2) is 24.0 Å². The molecule has 5 nitrogen and oxygen atoms in total. The standard InChI is InChI=1S/C9H9N3O2S3/c1-15-8-10-9(16-11-8)12-17(13,14)7-5-3-2-4-6-7/h2-6H,1H3,(H,10,11,12). The highest BCUT2D eigenvalue weighted by Gasteiger charge is 2.15. The number of benzene rings is 1. The molecule has 1 N–H and O–H groups in total. The molecule has 8 heteroatoms. The Hall–Kier alpha value is -1.12. The van der Waals surface area contributed by atoms with Gasteiger partial charge >= 0.3 is 0 Å². The van der Waals surface area contributed by atoms with Crippen molar-refractivity contribution in [2.24, 2.45) is 0 Å². The molecule has 0 atom stereocenters. The topological polar surface area (TPSA) is 72.0 Å². The van der Waals surface area contributed by atoms with E-state index in [0.29, 0.717) is 5.16 Å². The highest BCUT2D eigenvalue weighted by atomic mass is 32.2. The predicted octanol–water partition coefficient (Wildman–Crippen LogP) is 2.06. The molecule has 0 saturated heterocycles. The molecule has 0 unspecified atom stereocenters. The van der Waals surface area contributed by atoms with Gasteiger partial charge in [0.2, 0.25) is 10.3 Å². The number of nitrogens with zero attached hydrogens (tertiary/aromatic N) is 2. The van der Waals surface area contributed by atoms with Gasteiger partial charge in [-0.15, -0.1) is 0 Å². The smallest absolute Gasteiger partial charge is 0.253 e. The number of hydrogen-bond donors (Lipinski definition) is 1. The molecule has 2 rings (SSSR count). The van der Waals surface area contributed by atoms with Crippen molar-refractivity contribution < 1.29 is 8.42 Å². The first-order chi connectivity index (χ1) is 8.12. The molecule has 1 heterocycles. The van der Waals surface area contributed by atoms with Crippen molar-refractivity contribution in [1.29, 1.82) is 0 Å². The second-order valence-electron chi connectivity index (χ2n) is 3.00. The summed E-state index contributed by atoms with van der Waals surface area (Å²) in [4.78, 5) is 4.23. The summed E-state index contributed by atoms with van der Waals surface area (Å²) in [6.07, 6.45) is 1.83. The Bertz CT molecular complexity index is 595. The van der Waals surface area contributed by atoms with Crippen LogP contribution in [0.3, 0.4) is 0 Å². The quantitative estimate of drug-likeness (QED) is 0.871. The van der Waals surface area contributed by atoms with E-state index in [1.165, 1.54) is 23.9 Å². The lowest BCUT2D eigenvalue weighted by molar-refractivity contribution is 0.601. The third-order valence-corrected chi connectivity index (χ3v) is 4.64. The van der Waals surface area contributed by atoms with Gasteiger partial charge < -0.3 is 0 Å². The number of nitrogens with one attached hydrogen (secondary N) is 1. The number of aromatic nitrogens is 2. The number of thioether (sulfide) groups is 1. The number of hydrogen-bond acceptors (Lipinski definition) is 6. The van der Waals surface area contributed by atoms with Crippen LogP contribution in [0.2, 0.25) is 0 Å². The van der Waals surface area contributed by atoms with E-state index in [9.17, 15) is 8.42 Å². The van der Waals surface area contributed by atoms with E-state index in [1.54, 1.807) is 18.2 Å². The molecular formula is C9H9N3O2S3. The molecule has 90 valence electrons. The number of anilines is 1. The normalized spacial score (nSPS) is 11.4. The van der Waals surface area contributed by atoms with Crippen molar-refractivity contribution in [3.05, 3.63) is 30.3 Å². The lowest BCUT2D eigenvalue weighted by atomic mass is 10.4. The third kappa shape index (κ3) is 2.96. The van der Waals surface area contributed by atoms with Gasteiger partial charge in [-0.3, -0.25) is 4.72 Å². The van der Waals surface area contributed by atoms with Gasteiger partial charge in [0, 0.05) is 11.5 Å². The fourth-order valence-electron chi connectivity index (χ4n) is 1.11. The Morgan fingerprint density at radius 1 is 1.29 bits per heavy atom. The van der Waals surface area contributed by atoms with Crippen molar-refractivity contribution in [3.8, 4) is 0 Å². The SMILES string of the molecule is CSc1nsc(NS(=O)(=O)c2ccccc2)n1. The first-order valence-corrected chi connectivity index (χ1v) is 8.05. The van der Waals surface area contributed by atoms with Crippen molar-refractivity contribution in [2.75, 3.05) is 11.0 Å². The minimum atomic E-state index is -3.56. The molecule has 2 aromatic rings. The molecule has 0 amide bonds. The summed E-state index contributed by atoms with van der Waals surface area (Å²) in [5.74, 6) is 0. The van der Waals surface area contributed by atoms with E-state index < -0.39 is 10.0 Å². The van der Waals surface area contributed by atoms with Crippen LogP contribution < -0.4 is 4.72 Å². The minimum Gasteiger partial charge on any atom is -0.253 e. The summed E-state index contributed by atoms with van der Waals surface area (Å²) in [7, 11) is -3.56. The first-order valence-electron chi connectivity index (χ1n) is 4.57. The predicted molar refractivity (Wildman–Crippen MR) is 68.9 cm³/mol. The van der Waals surface area contributed by atoms with Gasteiger partial charge in [-0.05, 0) is 18.4 Å². The van der Waals surface area contributed by atoms with Crippen LogP contribution in [-0.2, 0) is 10.0 Å². The van der Waals surface area contributed by atoms with Crippen molar-refractivity contribution >= 4 is 38.4 Å². The molecular weight excluding hydrogens is 278 g/mol. The number of sulfonamides is 1. The van der Waals surface area contributed by atoms with E-state index in [1.807, 2.05) is 6.26 Å². The largest absolute Gasteiger partial charge is 0.263 e. The van der Waals surface area contributed by atoms with E-state index >= 15 is 0 Å². The van der Waals surface area contributed by atoms with Crippen LogP contribution in [0, 0.1) is 0 Å². The Morgan fingerprint density at radius 2 is 2.00 bits per heavy atom. The van der Waals surface area contributed by atoms with Crippen molar-refractivity contribution in [3.63, 3.8) is 0 Å². The van der Waals surface area contributed by atoms with Crippen LogP contribution in [0.1, 0.15) is 0 Å². The van der Waals surface area contributed by atoms with Crippen molar-refractivity contribution in [2.45, 2.75) is 10.1 Å². The monoisotopic (exact) mass is 287 g/mol. The average molecular weight is 287 g/mol. The van der Waals surface area contributed by atoms with E-state index in [2.05, 4.69) is 14.1 Å². The maximum atomic E-state index is 11.9. The third-order valence-electron chi connectivity index (χ3n) is 1.87. The Balaban J connectivity index is 2.24. The fraction of sp³-hybridized carbons (Fsp3) is 0.111. The summed E-state index contributed by atoms with van der Waals surface area (Å²) in [6, 6.07) is 8.15. The zero-order valence-electron chi connectivity index (χ0n) is 8.82. The summed E-state index contributed by atoms with van der Waals surface area (Å²) >= 11 is 2.39. The Morgan fingerprint density at radius 3 is 2.59 bits per heavy atom. The van der Waals surface area contributed by atoms with Gasteiger partial charge in [0.25, 0.3) is 10.0 Å². The molecule has 1 aromatic heterocycles. The van der Waals surface area contributed by atoms with Crippen LogP contribution in [0.4, 0.5) is 5.13 Å². The lowest BCUT2D eigenvalue weighted by Crippen LogP contribution is -2.12. The summed E-state index contributed by atoms with van der Waals surface area (Å²) in [5.41, 5.74) is 0. The first kappa shape index (κ1) is 12.3. The second kappa shape index (κ2) is 5.03. The zero-order chi connectivity index (χ0) is 12.3. The van der Waals surface area contributed by atoms with Gasteiger partial charge in [0.05, 0.1) is 4.90 Å². The minimum absolute atomic E-state index is 0.209. The maximum absolute atomic E-state index is 11.9. The van der Waals surface area contributed by atoms with Gasteiger partial charge in [-0.2, -0.15) is 9.36 Å². The molecule has 0 aliphatic rings. The Kier molecular flexibility index (Phi) is 3.65. The van der Waals surface area contributed by atoms with Gasteiger partial charge in [-0.25, -0.2) is 8.42 Å². The fourth-order valence-corrected chi connectivity index (χ4v) is 3.48. The van der Waals surface area contributed by atoms with Crippen LogP contribution in [0.5, 0.6) is 0 Å². The Labute approximate surface area is 108 Å². The maximum Gasteiger partial charge on any atom is 0.263 e. The van der Waals surface area contributed by atoms with E-state index in [4.69, 9.17) is 0 Å².